The van der Waals surface area contributed by atoms with E-state index in [0.29, 0.717) is 72.9 Å². The molecule has 5 aliphatic rings. The van der Waals surface area contributed by atoms with Gasteiger partial charge in [-0.15, -0.1) is 10.2 Å². The van der Waals surface area contributed by atoms with Gasteiger partial charge in [-0.2, -0.15) is 0 Å². The lowest BCUT2D eigenvalue weighted by molar-refractivity contribution is -0.136. The van der Waals surface area contributed by atoms with Crippen molar-refractivity contribution in [3.05, 3.63) is 87.9 Å². The molecule has 3 N–H and O–H groups in total. The number of hydrogen-bond acceptors (Lipinski definition) is 11. The first-order chi connectivity index (χ1) is 26.6. The lowest BCUT2D eigenvalue weighted by Crippen LogP contribution is -2.52. The van der Waals surface area contributed by atoms with E-state index < -0.39 is 29.3 Å². The number of ether oxygens (including phenoxy) is 1. The summed E-state index contributed by atoms with van der Waals surface area (Å²) < 4.78 is 34.5. The number of nitrogens with zero attached hydrogens (tertiary/aromatic N) is 6. The first kappa shape index (κ1) is 35.2. The third-order valence-electron chi connectivity index (χ3n) is 11.2. The number of piperazine rings is 1. The number of benzene rings is 3. The molecule has 1 aromatic heterocycles. The summed E-state index contributed by atoms with van der Waals surface area (Å²) in [6, 6.07) is 14.6. The zero-order valence-electron chi connectivity index (χ0n) is 29.6. The number of imide groups is 1. The Kier molecular flexibility index (Phi) is 8.92. The molecule has 3 saturated heterocycles. The average molecular weight is 771 g/mol. The molecule has 3 aromatic carbocycles. The van der Waals surface area contributed by atoms with Gasteiger partial charge in [0.05, 0.1) is 29.0 Å². The van der Waals surface area contributed by atoms with Gasteiger partial charge in [0, 0.05) is 81.5 Å². The van der Waals surface area contributed by atoms with E-state index in [4.69, 9.17) is 16.3 Å². The molecule has 3 atom stereocenters. The van der Waals surface area contributed by atoms with Crippen LogP contribution in [0.15, 0.2) is 54.6 Å². The second kappa shape index (κ2) is 13.9. The Morgan fingerprint density at radius 3 is 2.58 bits per heavy atom. The van der Waals surface area contributed by atoms with E-state index in [1.165, 1.54) is 0 Å². The Hall–Kier alpha value is -5.54. The number of amides is 3. The van der Waals surface area contributed by atoms with E-state index >= 15 is 0 Å². The van der Waals surface area contributed by atoms with Crippen molar-refractivity contribution >= 4 is 46.5 Å². The highest BCUT2D eigenvalue weighted by atomic mass is 35.5. The number of aromatic nitrogens is 2. The summed E-state index contributed by atoms with van der Waals surface area (Å²) in [5, 5.41) is 24.7. The summed E-state index contributed by atoms with van der Waals surface area (Å²) in [6.45, 7) is 5.43. The zero-order valence-corrected chi connectivity index (χ0v) is 30.4. The number of hydrogen-bond donors (Lipinski definition) is 3. The minimum Gasteiger partial charge on any atom is -0.504 e. The largest absolute Gasteiger partial charge is 0.504 e. The Labute approximate surface area is 319 Å². The maximum absolute atomic E-state index is 14.1. The lowest BCUT2D eigenvalue weighted by Gasteiger charge is -2.36. The summed E-state index contributed by atoms with van der Waals surface area (Å²) in [4.78, 5) is 45.7. The Morgan fingerprint density at radius 1 is 0.945 bits per heavy atom. The van der Waals surface area contributed by atoms with Gasteiger partial charge in [-0.1, -0.05) is 23.7 Å². The molecule has 6 heterocycles. The molecule has 4 aromatic rings. The van der Waals surface area contributed by atoms with Gasteiger partial charge in [-0.3, -0.25) is 24.6 Å². The van der Waals surface area contributed by atoms with Gasteiger partial charge in [0.2, 0.25) is 11.8 Å². The first-order valence-corrected chi connectivity index (χ1v) is 18.7. The molecule has 284 valence electrons. The number of anilines is 3. The number of aromatic hydroxyl groups is 1. The molecule has 13 nitrogen and oxygen atoms in total. The molecule has 9 rings (SSSR count). The Bertz CT molecular complexity index is 2240. The molecule has 0 bridgehead atoms. The number of piperidine rings is 1. The Morgan fingerprint density at radius 2 is 1.78 bits per heavy atom. The molecule has 5 aliphatic heterocycles. The predicted octanol–water partition coefficient (Wildman–Crippen LogP) is 4.32. The van der Waals surface area contributed by atoms with Gasteiger partial charge < -0.3 is 29.9 Å². The standard InChI is InChI=1S/C39H37ClF2N8O5/c40-29-11-21(18-47-7-9-48(10-8-47)24-3-2-22-19-50(39(54)27(22)15-24)32-4-6-35(51)44-38(32)53)1-5-34(29)55-26-14-25-17-43-37-33(49(25)20-26)16-31(45-46-37)28-12-23(41)13-30(42)36(28)52/h1-3,5,11-13,15-16,25-26,32,52H,4,6-10,14,17-20H2,(H,43,46)(H,44,51,53)/t25-,26-,32?/m1/s1. The van der Waals surface area contributed by atoms with Crippen LogP contribution in [0.25, 0.3) is 11.3 Å². The van der Waals surface area contributed by atoms with Crippen molar-refractivity contribution in [2.24, 2.45) is 0 Å². The van der Waals surface area contributed by atoms with Crippen LogP contribution in [-0.2, 0) is 22.7 Å². The fourth-order valence-corrected chi connectivity index (χ4v) is 8.61. The van der Waals surface area contributed by atoms with Gasteiger partial charge in [0.25, 0.3) is 5.91 Å². The molecule has 55 heavy (non-hydrogen) atoms. The SMILES string of the molecule is O=C1CCC(N2Cc3ccc(N4CCN(Cc5ccc(O[C@@H]6C[C@@H]7CNc8nnc(-c9cc(F)cc(F)c9O)cc8N7C6)c(Cl)c5)CC4)cc3C2=O)C(=O)N1. The van der Waals surface area contributed by atoms with Gasteiger partial charge in [-0.25, -0.2) is 8.78 Å². The average Bonchev–Trinajstić information content (AvgIpc) is 3.74. The number of fused-ring (bicyclic) bond motifs is 4. The summed E-state index contributed by atoms with van der Waals surface area (Å²) in [5.74, 6) is -2.33. The molecular formula is C39H37ClF2N8O5. The predicted molar refractivity (Wildman–Crippen MR) is 199 cm³/mol. The normalized spacial score (nSPS) is 22.3. The number of rotatable bonds is 7. The maximum Gasteiger partial charge on any atom is 0.255 e. The number of carbonyl (C=O) groups excluding carboxylic acids is 3. The van der Waals surface area contributed by atoms with E-state index in [9.17, 15) is 28.3 Å². The molecule has 3 amide bonds. The molecule has 0 saturated carbocycles. The first-order valence-electron chi connectivity index (χ1n) is 18.3. The van der Waals surface area contributed by atoms with Crippen LogP contribution >= 0.6 is 11.6 Å². The summed E-state index contributed by atoms with van der Waals surface area (Å²) in [5.41, 5.74) is 4.32. The van der Waals surface area contributed by atoms with E-state index in [2.05, 4.69) is 35.5 Å². The van der Waals surface area contributed by atoms with Gasteiger partial charge in [0.15, 0.2) is 17.4 Å². The third kappa shape index (κ3) is 6.65. The minimum atomic E-state index is -1.07. The van der Waals surface area contributed by atoms with Crippen LogP contribution in [0.2, 0.25) is 5.02 Å². The second-order valence-corrected chi connectivity index (χ2v) is 15.1. The quantitative estimate of drug-likeness (QED) is 0.232. The van der Waals surface area contributed by atoms with Crippen LogP contribution in [0.3, 0.4) is 0 Å². The second-order valence-electron chi connectivity index (χ2n) is 14.7. The lowest BCUT2D eigenvalue weighted by atomic mass is 10.0. The van der Waals surface area contributed by atoms with Crippen molar-refractivity contribution in [2.75, 3.05) is 54.4 Å². The fraction of sp³-hybridized carbons (Fsp3) is 0.359. The van der Waals surface area contributed by atoms with Crippen LogP contribution in [0.5, 0.6) is 11.5 Å². The van der Waals surface area contributed by atoms with Gasteiger partial charge >= 0.3 is 0 Å². The van der Waals surface area contributed by atoms with E-state index in [0.717, 1.165) is 49.1 Å². The maximum atomic E-state index is 14.1. The van der Waals surface area contributed by atoms with E-state index in [1.807, 2.05) is 36.4 Å². The number of nitrogens with one attached hydrogen (secondary N) is 2. The number of phenolic OH excluding ortho intramolecular Hbond substituents is 1. The summed E-state index contributed by atoms with van der Waals surface area (Å²) >= 11 is 6.78. The molecule has 3 fully saturated rings. The Balaban J connectivity index is 0.800. The highest BCUT2D eigenvalue weighted by Gasteiger charge is 2.40. The van der Waals surface area contributed by atoms with Crippen molar-refractivity contribution in [2.45, 2.75) is 50.5 Å². The number of phenols is 1. The van der Waals surface area contributed by atoms with E-state index in [1.54, 1.807) is 11.0 Å². The van der Waals surface area contributed by atoms with Crippen LogP contribution in [0.1, 0.15) is 40.7 Å². The minimum absolute atomic E-state index is 0.0750. The molecule has 0 spiro atoms. The van der Waals surface area contributed by atoms with Crippen LogP contribution in [-0.4, -0.2) is 100 Å². The topological polar surface area (TPSA) is 143 Å². The molecule has 1 unspecified atom stereocenters. The number of halogens is 3. The van der Waals surface area contributed by atoms with Crippen LogP contribution < -0.4 is 25.2 Å². The highest BCUT2D eigenvalue weighted by Crippen LogP contribution is 2.40. The fourth-order valence-electron chi connectivity index (χ4n) is 8.36. The van der Waals surface area contributed by atoms with E-state index in [-0.39, 0.29) is 41.6 Å². The summed E-state index contributed by atoms with van der Waals surface area (Å²) in [7, 11) is 0. The third-order valence-corrected chi connectivity index (χ3v) is 11.5. The zero-order chi connectivity index (χ0) is 38.0. The van der Waals surface area contributed by atoms with Gasteiger partial charge in [0.1, 0.15) is 23.7 Å². The van der Waals surface area contributed by atoms with Crippen molar-refractivity contribution in [1.29, 1.82) is 0 Å². The molecular weight excluding hydrogens is 734 g/mol. The van der Waals surface area contributed by atoms with Crippen LogP contribution in [0.4, 0.5) is 26.0 Å². The molecule has 0 radical (unpaired) electrons. The molecule has 16 heteroatoms. The highest BCUT2D eigenvalue weighted by molar-refractivity contribution is 6.32. The van der Waals surface area contributed by atoms with Crippen molar-refractivity contribution in [3.63, 3.8) is 0 Å². The summed E-state index contributed by atoms with van der Waals surface area (Å²) in [6.07, 6.45) is 1.10. The smallest absolute Gasteiger partial charge is 0.255 e. The van der Waals surface area contributed by atoms with Crippen molar-refractivity contribution in [1.82, 2.24) is 25.3 Å². The number of carbonyl (C=O) groups is 3. The monoisotopic (exact) mass is 770 g/mol. The van der Waals surface area contributed by atoms with Gasteiger partial charge in [-0.05, 0) is 53.9 Å². The van der Waals surface area contributed by atoms with Crippen molar-refractivity contribution < 1.29 is 33.0 Å². The van der Waals surface area contributed by atoms with Crippen molar-refractivity contribution in [3.8, 4) is 22.8 Å². The molecule has 0 aliphatic carbocycles. The van der Waals surface area contributed by atoms with Crippen LogP contribution in [0, 0.1) is 11.6 Å².